The van der Waals surface area contributed by atoms with E-state index < -0.39 is 23.9 Å². The predicted molar refractivity (Wildman–Crippen MR) is 77.7 cm³/mol. The zero-order chi connectivity index (χ0) is 16.2. The molecule has 114 valence electrons. The van der Waals surface area contributed by atoms with Crippen molar-refractivity contribution in [2.24, 2.45) is 5.92 Å². The molecule has 0 bridgehead atoms. The minimum absolute atomic E-state index is 0.0458. The monoisotopic (exact) mass is 293 g/mol. The van der Waals surface area contributed by atoms with Crippen LogP contribution < -0.4 is 4.90 Å². The highest BCUT2D eigenvalue weighted by Crippen LogP contribution is 2.21. The van der Waals surface area contributed by atoms with Gasteiger partial charge in [-0.1, -0.05) is 19.1 Å². The van der Waals surface area contributed by atoms with E-state index in [9.17, 15) is 19.5 Å². The highest BCUT2D eigenvalue weighted by molar-refractivity contribution is 5.95. The summed E-state index contributed by atoms with van der Waals surface area (Å²) in [5.74, 6) is -2.92. The van der Waals surface area contributed by atoms with Crippen LogP contribution in [0.25, 0.3) is 0 Å². The molecule has 1 rings (SSSR count). The lowest BCUT2D eigenvalue weighted by atomic mass is 10.1. The highest BCUT2D eigenvalue weighted by Gasteiger charge is 2.25. The molecule has 0 aromatic heterocycles. The molecule has 0 aliphatic rings. The van der Waals surface area contributed by atoms with E-state index in [-0.39, 0.29) is 12.3 Å². The number of carboxylic acids is 2. The molecule has 0 amide bonds. The summed E-state index contributed by atoms with van der Waals surface area (Å²) >= 11 is 0. The summed E-state index contributed by atoms with van der Waals surface area (Å²) in [4.78, 5) is 35.1. The second-order valence-electron chi connectivity index (χ2n) is 5.01. The van der Waals surface area contributed by atoms with E-state index in [0.29, 0.717) is 11.3 Å². The first-order valence-corrected chi connectivity index (χ1v) is 6.57. The van der Waals surface area contributed by atoms with Gasteiger partial charge < -0.3 is 15.1 Å². The Morgan fingerprint density at radius 3 is 2.24 bits per heavy atom. The van der Waals surface area contributed by atoms with Crippen LogP contribution >= 0.6 is 0 Å². The van der Waals surface area contributed by atoms with Crippen molar-refractivity contribution in [1.29, 1.82) is 0 Å². The fourth-order valence-electron chi connectivity index (χ4n) is 1.90. The minimum Gasteiger partial charge on any atom is -0.481 e. The summed E-state index contributed by atoms with van der Waals surface area (Å²) in [6.07, 6.45) is 0. The summed E-state index contributed by atoms with van der Waals surface area (Å²) in [5, 5.41) is 18.2. The largest absolute Gasteiger partial charge is 0.481 e. The first kappa shape index (κ1) is 16.7. The smallest absolute Gasteiger partial charge is 0.326 e. The van der Waals surface area contributed by atoms with E-state index in [1.54, 1.807) is 24.3 Å². The summed E-state index contributed by atoms with van der Waals surface area (Å²) < 4.78 is 0. The molecule has 1 aromatic carbocycles. The van der Waals surface area contributed by atoms with Crippen molar-refractivity contribution in [2.45, 2.75) is 26.8 Å². The molecule has 2 N–H and O–H groups in total. The average molecular weight is 293 g/mol. The fourth-order valence-corrected chi connectivity index (χ4v) is 1.90. The average Bonchev–Trinajstić information content (AvgIpc) is 2.43. The number of rotatable bonds is 7. The Hall–Kier alpha value is -2.37. The van der Waals surface area contributed by atoms with Gasteiger partial charge in [0, 0.05) is 17.8 Å². The third-order valence-electron chi connectivity index (χ3n) is 3.30. The Bertz CT molecular complexity index is 555. The Morgan fingerprint density at radius 2 is 1.76 bits per heavy atom. The van der Waals surface area contributed by atoms with E-state index in [1.165, 1.54) is 25.7 Å². The Morgan fingerprint density at radius 1 is 1.14 bits per heavy atom. The van der Waals surface area contributed by atoms with Crippen molar-refractivity contribution in [1.82, 2.24) is 0 Å². The molecule has 0 saturated heterocycles. The lowest BCUT2D eigenvalue weighted by Gasteiger charge is -2.30. The topological polar surface area (TPSA) is 94.9 Å². The van der Waals surface area contributed by atoms with Gasteiger partial charge in [0.15, 0.2) is 5.78 Å². The third-order valence-corrected chi connectivity index (χ3v) is 3.30. The van der Waals surface area contributed by atoms with Crippen molar-refractivity contribution in [3.63, 3.8) is 0 Å². The quantitative estimate of drug-likeness (QED) is 0.745. The van der Waals surface area contributed by atoms with Crippen LogP contribution in [-0.2, 0) is 9.59 Å². The molecule has 0 aliphatic carbocycles. The maximum Gasteiger partial charge on any atom is 0.326 e. The molecule has 2 atom stereocenters. The second kappa shape index (κ2) is 6.88. The Balaban J connectivity index is 3.17. The summed E-state index contributed by atoms with van der Waals surface area (Å²) in [7, 11) is 0. The van der Waals surface area contributed by atoms with Crippen molar-refractivity contribution < 1.29 is 24.6 Å². The molecule has 21 heavy (non-hydrogen) atoms. The van der Waals surface area contributed by atoms with Gasteiger partial charge in [0.2, 0.25) is 0 Å². The van der Waals surface area contributed by atoms with Gasteiger partial charge in [0.05, 0.1) is 5.92 Å². The number of carboxylic acid groups (broad SMARTS) is 2. The second-order valence-corrected chi connectivity index (χ2v) is 5.01. The van der Waals surface area contributed by atoms with E-state index in [4.69, 9.17) is 5.11 Å². The molecule has 2 unspecified atom stereocenters. The van der Waals surface area contributed by atoms with Crippen LogP contribution in [0, 0.1) is 5.92 Å². The van der Waals surface area contributed by atoms with E-state index in [0.717, 1.165) is 0 Å². The van der Waals surface area contributed by atoms with Gasteiger partial charge in [-0.15, -0.1) is 0 Å². The third kappa shape index (κ3) is 4.30. The minimum atomic E-state index is -1.05. The summed E-state index contributed by atoms with van der Waals surface area (Å²) in [6.45, 7) is 4.46. The van der Waals surface area contributed by atoms with Crippen LogP contribution in [0.2, 0.25) is 0 Å². The number of hydrogen-bond acceptors (Lipinski definition) is 4. The zero-order valence-corrected chi connectivity index (χ0v) is 12.2. The fraction of sp³-hybridized carbons (Fsp3) is 0.400. The number of aliphatic carboxylic acids is 2. The van der Waals surface area contributed by atoms with Gasteiger partial charge in [-0.25, -0.2) is 4.79 Å². The molecule has 6 nitrogen and oxygen atoms in total. The van der Waals surface area contributed by atoms with Crippen LogP contribution in [0.5, 0.6) is 0 Å². The first-order valence-electron chi connectivity index (χ1n) is 6.57. The predicted octanol–water partition coefficient (Wildman–Crippen LogP) is 1.89. The standard InChI is InChI=1S/C15H19NO5/c1-9(14(18)19)8-16(10(2)15(20)21)13-6-4-5-12(7-13)11(3)17/h4-7,9-10H,8H2,1-3H3,(H,18,19)(H,20,21). The number of carbonyl (C=O) groups is 3. The molecule has 1 aromatic rings. The van der Waals surface area contributed by atoms with Gasteiger partial charge in [-0.05, 0) is 26.0 Å². The number of anilines is 1. The van der Waals surface area contributed by atoms with Gasteiger partial charge in [-0.3, -0.25) is 9.59 Å². The van der Waals surface area contributed by atoms with Crippen LogP contribution in [0.3, 0.4) is 0 Å². The van der Waals surface area contributed by atoms with Gasteiger partial charge in [-0.2, -0.15) is 0 Å². The van der Waals surface area contributed by atoms with E-state index in [2.05, 4.69) is 0 Å². The van der Waals surface area contributed by atoms with Crippen LogP contribution in [-0.4, -0.2) is 40.5 Å². The number of nitrogens with zero attached hydrogens (tertiary/aromatic N) is 1. The molecular weight excluding hydrogens is 274 g/mol. The van der Waals surface area contributed by atoms with Crippen molar-refractivity contribution >= 4 is 23.4 Å². The lowest BCUT2D eigenvalue weighted by molar-refractivity contribution is -0.142. The van der Waals surface area contributed by atoms with Gasteiger partial charge >= 0.3 is 11.9 Å². The molecule has 0 fully saturated rings. The molecular formula is C15H19NO5. The SMILES string of the molecule is CC(=O)c1cccc(N(CC(C)C(=O)O)C(C)C(=O)O)c1. The summed E-state index contributed by atoms with van der Waals surface area (Å²) in [5.41, 5.74) is 0.976. The molecule has 6 heteroatoms. The van der Waals surface area contributed by atoms with Gasteiger partial charge in [0.1, 0.15) is 6.04 Å². The number of Topliss-reactive ketones (excluding diaryl/α,β-unsaturated/α-hetero) is 1. The number of hydrogen-bond donors (Lipinski definition) is 2. The maximum absolute atomic E-state index is 11.4. The van der Waals surface area contributed by atoms with E-state index in [1.807, 2.05) is 0 Å². The van der Waals surface area contributed by atoms with Crippen molar-refractivity contribution in [2.75, 3.05) is 11.4 Å². The molecule has 0 spiro atoms. The molecule has 0 saturated carbocycles. The normalized spacial score (nSPS) is 13.3. The number of ketones is 1. The van der Waals surface area contributed by atoms with Crippen LogP contribution in [0.4, 0.5) is 5.69 Å². The zero-order valence-electron chi connectivity index (χ0n) is 12.2. The number of benzene rings is 1. The van der Waals surface area contributed by atoms with Crippen LogP contribution in [0.15, 0.2) is 24.3 Å². The van der Waals surface area contributed by atoms with Crippen LogP contribution in [0.1, 0.15) is 31.1 Å². The molecule has 0 aliphatic heterocycles. The summed E-state index contributed by atoms with van der Waals surface area (Å²) in [6, 6.07) is 5.64. The van der Waals surface area contributed by atoms with Crippen molar-refractivity contribution in [3.8, 4) is 0 Å². The lowest BCUT2D eigenvalue weighted by Crippen LogP contribution is -2.43. The number of carbonyl (C=O) groups excluding carboxylic acids is 1. The Kier molecular flexibility index (Phi) is 5.46. The van der Waals surface area contributed by atoms with E-state index >= 15 is 0 Å². The Labute approximate surface area is 123 Å². The molecule has 0 radical (unpaired) electrons. The highest BCUT2D eigenvalue weighted by atomic mass is 16.4. The van der Waals surface area contributed by atoms with Crippen molar-refractivity contribution in [3.05, 3.63) is 29.8 Å². The molecule has 0 heterocycles. The van der Waals surface area contributed by atoms with Gasteiger partial charge in [0.25, 0.3) is 0 Å². The first-order chi connectivity index (χ1) is 9.73. The maximum atomic E-state index is 11.4.